The summed E-state index contributed by atoms with van der Waals surface area (Å²) in [4.78, 5) is 36.3. The average Bonchev–Trinajstić information content (AvgIpc) is 2.65. The third-order valence-electron chi connectivity index (χ3n) is 4.43. The van der Waals surface area contributed by atoms with Crippen molar-refractivity contribution in [2.75, 3.05) is 5.75 Å². The Morgan fingerprint density at radius 1 is 1.06 bits per heavy atom. The van der Waals surface area contributed by atoms with Crippen LogP contribution in [0.1, 0.15) is 92.9 Å². The fourth-order valence-corrected chi connectivity index (χ4v) is 3.40. The van der Waals surface area contributed by atoms with Gasteiger partial charge in [0.2, 0.25) is 0 Å². The maximum atomic E-state index is 12.2. The van der Waals surface area contributed by atoms with E-state index in [1.54, 1.807) is 26.8 Å². The summed E-state index contributed by atoms with van der Waals surface area (Å²) in [7, 11) is 0. The van der Waals surface area contributed by atoms with Gasteiger partial charge in [-0.2, -0.15) is 0 Å². The normalized spacial score (nSPS) is 13.9. The van der Waals surface area contributed by atoms with Crippen molar-refractivity contribution in [1.82, 2.24) is 0 Å². The number of thioether (sulfide) groups is 1. The number of carbonyl (C=O) groups excluding carboxylic acids is 3. The van der Waals surface area contributed by atoms with Gasteiger partial charge in [0, 0.05) is 12.2 Å². The molecule has 0 fully saturated rings. The molecule has 31 heavy (non-hydrogen) atoms. The van der Waals surface area contributed by atoms with Crippen molar-refractivity contribution in [3.63, 3.8) is 0 Å². The highest BCUT2D eigenvalue weighted by molar-refractivity contribution is 8.13. The molecular formula is C24H43NO5S. The third-order valence-corrected chi connectivity index (χ3v) is 5.39. The van der Waals surface area contributed by atoms with E-state index in [-0.39, 0.29) is 17.5 Å². The lowest BCUT2D eigenvalue weighted by Gasteiger charge is -2.22. The predicted molar refractivity (Wildman–Crippen MR) is 128 cm³/mol. The quantitative estimate of drug-likeness (QED) is 0.206. The molecule has 0 saturated carbocycles. The molecule has 0 amide bonds. The van der Waals surface area contributed by atoms with Gasteiger partial charge in [-0.25, -0.2) is 0 Å². The van der Waals surface area contributed by atoms with E-state index >= 15 is 0 Å². The third kappa shape index (κ3) is 17.0. The number of ether oxygens (including phenoxy) is 2. The van der Waals surface area contributed by atoms with Gasteiger partial charge in [-0.1, -0.05) is 64.3 Å². The lowest BCUT2D eigenvalue weighted by Crippen LogP contribution is -2.39. The zero-order chi connectivity index (χ0) is 23.9. The number of hydrogen-bond acceptors (Lipinski definition) is 7. The zero-order valence-corrected chi connectivity index (χ0v) is 21.1. The number of carbonyl (C=O) groups is 3. The van der Waals surface area contributed by atoms with E-state index in [1.807, 2.05) is 19.9 Å². The van der Waals surface area contributed by atoms with Crippen LogP contribution < -0.4 is 5.73 Å². The van der Waals surface area contributed by atoms with Crippen molar-refractivity contribution in [1.29, 1.82) is 0 Å². The summed E-state index contributed by atoms with van der Waals surface area (Å²) in [6, 6.07) is -0.750. The first-order valence-electron chi connectivity index (χ1n) is 11.5. The monoisotopic (exact) mass is 457 g/mol. The fourth-order valence-electron chi connectivity index (χ4n) is 2.63. The Labute approximate surface area is 193 Å². The van der Waals surface area contributed by atoms with Crippen LogP contribution in [0.15, 0.2) is 12.2 Å². The topological polar surface area (TPSA) is 95.7 Å². The summed E-state index contributed by atoms with van der Waals surface area (Å²) in [6.07, 6.45) is 9.63. The molecule has 180 valence electrons. The van der Waals surface area contributed by atoms with Crippen LogP contribution in [0, 0.1) is 5.92 Å². The molecule has 0 radical (unpaired) electrons. The summed E-state index contributed by atoms with van der Waals surface area (Å²) in [5, 5.41) is 0.213. The second-order valence-electron chi connectivity index (χ2n) is 9.14. The second-order valence-corrected chi connectivity index (χ2v) is 10.3. The Hall–Kier alpha value is -1.34. The molecule has 2 atom stereocenters. The highest BCUT2D eigenvalue weighted by Crippen LogP contribution is 2.15. The van der Waals surface area contributed by atoms with E-state index in [1.165, 1.54) is 31.0 Å². The van der Waals surface area contributed by atoms with Crippen molar-refractivity contribution < 1.29 is 23.9 Å². The molecule has 0 aromatic rings. The second kappa shape index (κ2) is 16.3. The summed E-state index contributed by atoms with van der Waals surface area (Å²) in [6.45, 7) is 11.2. The van der Waals surface area contributed by atoms with Gasteiger partial charge in [-0.05, 0) is 45.6 Å². The molecule has 0 bridgehead atoms. The first kappa shape index (κ1) is 29.7. The van der Waals surface area contributed by atoms with Crippen LogP contribution in [0.4, 0.5) is 0 Å². The maximum Gasteiger partial charge on any atom is 0.323 e. The molecule has 0 spiro atoms. The minimum absolute atomic E-state index is 0.0666. The largest absolute Gasteiger partial charge is 0.460 e. The zero-order valence-electron chi connectivity index (χ0n) is 20.3. The van der Waals surface area contributed by atoms with E-state index in [9.17, 15) is 14.4 Å². The van der Waals surface area contributed by atoms with Gasteiger partial charge in [0.25, 0.3) is 0 Å². The summed E-state index contributed by atoms with van der Waals surface area (Å²) in [5.74, 6) is -0.396. The van der Waals surface area contributed by atoms with Crippen LogP contribution in [0.25, 0.3) is 0 Å². The van der Waals surface area contributed by atoms with Crippen molar-refractivity contribution in [2.24, 2.45) is 11.7 Å². The summed E-state index contributed by atoms with van der Waals surface area (Å²) in [5.41, 5.74) is 5.25. The van der Waals surface area contributed by atoms with Gasteiger partial charge in [-0.15, -0.1) is 0 Å². The molecule has 0 aromatic heterocycles. The van der Waals surface area contributed by atoms with E-state index in [4.69, 9.17) is 15.2 Å². The van der Waals surface area contributed by atoms with Gasteiger partial charge in [0.15, 0.2) is 5.12 Å². The number of esters is 2. The van der Waals surface area contributed by atoms with E-state index < -0.39 is 29.7 Å². The Bertz CT molecular complexity index is 569. The van der Waals surface area contributed by atoms with Crippen LogP contribution in [-0.2, 0) is 23.9 Å². The standard InChI is InChI=1S/C24H43NO5S/c1-7-8-9-10-11-15-21(27)31-16-13-12-14-19(17-20(26)30-24(4,5)6)29-23(28)22(25)18(2)3/h12,14,18-19,22H,7-11,13,15-17,25H2,1-6H3/b14-12+/t19-,22+/m1/s1. The molecule has 7 heteroatoms. The molecular weight excluding hydrogens is 414 g/mol. The Morgan fingerprint density at radius 3 is 2.29 bits per heavy atom. The SMILES string of the molecule is CCCCCCCC(=O)SCC/C=C/[C@H](CC(=O)OC(C)(C)C)OC(=O)[C@@H](N)C(C)C. The number of unbranched alkanes of at least 4 members (excludes halogenated alkanes) is 4. The van der Waals surface area contributed by atoms with Gasteiger partial charge in [0.1, 0.15) is 17.7 Å². The Kier molecular flexibility index (Phi) is 15.6. The number of rotatable bonds is 15. The number of hydrogen-bond donors (Lipinski definition) is 1. The lowest BCUT2D eigenvalue weighted by molar-refractivity contribution is -0.160. The molecule has 6 nitrogen and oxygen atoms in total. The highest BCUT2D eigenvalue weighted by Gasteiger charge is 2.25. The van der Waals surface area contributed by atoms with Crippen molar-refractivity contribution in [3.8, 4) is 0 Å². The van der Waals surface area contributed by atoms with Crippen LogP contribution in [0.3, 0.4) is 0 Å². The van der Waals surface area contributed by atoms with Crippen molar-refractivity contribution in [3.05, 3.63) is 12.2 Å². The maximum absolute atomic E-state index is 12.2. The van der Waals surface area contributed by atoms with Crippen LogP contribution in [0.2, 0.25) is 0 Å². The summed E-state index contributed by atoms with van der Waals surface area (Å²) < 4.78 is 10.8. The molecule has 0 saturated heterocycles. The lowest BCUT2D eigenvalue weighted by atomic mass is 10.1. The van der Waals surface area contributed by atoms with Gasteiger partial charge in [0.05, 0.1) is 6.42 Å². The number of nitrogens with two attached hydrogens (primary N) is 1. The van der Waals surface area contributed by atoms with E-state index in [0.29, 0.717) is 18.6 Å². The molecule has 0 heterocycles. The van der Waals surface area contributed by atoms with Gasteiger partial charge < -0.3 is 15.2 Å². The van der Waals surface area contributed by atoms with Crippen LogP contribution in [-0.4, -0.2) is 40.6 Å². The fraction of sp³-hybridized carbons (Fsp3) is 0.792. The molecule has 0 aliphatic carbocycles. The van der Waals surface area contributed by atoms with E-state index in [2.05, 4.69) is 6.92 Å². The van der Waals surface area contributed by atoms with Gasteiger partial charge in [-0.3, -0.25) is 14.4 Å². The summed E-state index contributed by atoms with van der Waals surface area (Å²) >= 11 is 1.33. The first-order valence-corrected chi connectivity index (χ1v) is 12.4. The predicted octanol–water partition coefficient (Wildman–Crippen LogP) is 5.18. The first-order chi connectivity index (χ1) is 14.5. The highest BCUT2D eigenvalue weighted by atomic mass is 32.2. The van der Waals surface area contributed by atoms with Gasteiger partial charge >= 0.3 is 11.9 Å². The molecule has 2 N–H and O–H groups in total. The van der Waals surface area contributed by atoms with Crippen molar-refractivity contribution >= 4 is 28.8 Å². The number of allylic oxidation sites excluding steroid dienone is 1. The molecule has 0 rings (SSSR count). The smallest absolute Gasteiger partial charge is 0.323 e. The minimum Gasteiger partial charge on any atom is -0.460 e. The Morgan fingerprint density at radius 2 is 1.71 bits per heavy atom. The molecule has 0 unspecified atom stereocenters. The minimum atomic E-state index is -0.750. The molecule has 0 aliphatic heterocycles. The van der Waals surface area contributed by atoms with Crippen molar-refractivity contribution in [2.45, 2.75) is 111 Å². The van der Waals surface area contributed by atoms with E-state index in [0.717, 1.165) is 12.8 Å². The van der Waals surface area contributed by atoms with Crippen LogP contribution in [0.5, 0.6) is 0 Å². The van der Waals surface area contributed by atoms with Crippen LogP contribution >= 0.6 is 11.8 Å². The Balaban J connectivity index is 4.56. The average molecular weight is 458 g/mol. The molecule has 0 aromatic carbocycles. The molecule has 0 aliphatic rings.